The van der Waals surface area contributed by atoms with Crippen LogP contribution in [0.3, 0.4) is 0 Å². The Balaban J connectivity index is 0.000000173. The summed E-state index contributed by atoms with van der Waals surface area (Å²) >= 11 is 0. The summed E-state index contributed by atoms with van der Waals surface area (Å²) in [5.74, 6) is 4.75. The number of rotatable bonds is 8. The van der Waals surface area contributed by atoms with Gasteiger partial charge in [-0.25, -0.2) is 0 Å². The second-order valence-electron chi connectivity index (χ2n) is 20.4. The van der Waals surface area contributed by atoms with Gasteiger partial charge in [-0.2, -0.15) is 0 Å². The number of carbonyl (C=O) groups is 3. The zero-order valence-corrected chi connectivity index (χ0v) is 36.2. The normalized spacial score (nSPS) is 44.7. The second kappa shape index (κ2) is 16.5. The van der Waals surface area contributed by atoms with Gasteiger partial charge in [0, 0.05) is 40.9 Å². The van der Waals surface area contributed by atoms with Gasteiger partial charge in [-0.3, -0.25) is 14.4 Å². The average Bonchev–Trinajstić information content (AvgIpc) is 3.72. The fourth-order valence-corrected chi connectivity index (χ4v) is 15.5. The van der Waals surface area contributed by atoms with E-state index >= 15 is 0 Å². The molecule has 1 N–H and O–H groups in total. The SMILES string of the molecule is CCC(=O)OC[C@@]12C(=CCC[C@@H]1C)CCC1C3CC[C@H](OC(=O)CC)[C@@]3(C)CCC12.CCC(=O)O[C@H]1CC[C@H]2[C@@H]3CCC4=CCC[C@H](C)[C@]4(CO)[C@H]3CC[C@]12C. The largest absolute Gasteiger partial charge is 0.465 e. The number of fused-ring (bicyclic) bond motifs is 10. The fourth-order valence-electron chi connectivity index (χ4n) is 15.5. The quantitative estimate of drug-likeness (QED) is 0.149. The van der Waals surface area contributed by atoms with Crippen LogP contribution in [0.1, 0.15) is 170 Å². The third-order valence-corrected chi connectivity index (χ3v) is 18.6. The molecule has 0 bridgehead atoms. The maximum Gasteiger partial charge on any atom is 0.305 e. The summed E-state index contributed by atoms with van der Waals surface area (Å²) in [6.07, 6.45) is 25.0. The van der Waals surface area contributed by atoms with E-state index in [1.165, 1.54) is 44.9 Å². The number of ether oxygens (including phenoxy) is 3. The Morgan fingerprint density at radius 3 is 1.52 bits per heavy atom. The molecule has 0 aromatic rings. The van der Waals surface area contributed by atoms with Crippen molar-refractivity contribution in [1.29, 1.82) is 0 Å². The second-order valence-corrected chi connectivity index (χ2v) is 20.4. The van der Waals surface area contributed by atoms with E-state index in [9.17, 15) is 19.5 Å². The lowest BCUT2D eigenvalue weighted by Gasteiger charge is -2.60. The van der Waals surface area contributed by atoms with Gasteiger partial charge in [0.1, 0.15) is 18.8 Å². The van der Waals surface area contributed by atoms with Crippen LogP contribution in [0.5, 0.6) is 0 Å². The average molecular weight is 777 g/mol. The van der Waals surface area contributed by atoms with Crippen LogP contribution in [0.15, 0.2) is 23.3 Å². The van der Waals surface area contributed by atoms with Crippen molar-refractivity contribution in [2.75, 3.05) is 13.2 Å². The van der Waals surface area contributed by atoms with E-state index in [1.807, 2.05) is 20.8 Å². The van der Waals surface area contributed by atoms with Crippen LogP contribution in [-0.2, 0) is 28.6 Å². The molecule has 6 fully saturated rings. The van der Waals surface area contributed by atoms with Crippen LogP contribution in [0.2, 0.25) is 0 Å². The molecule has 8 rings (SSSR count). The number of carbonyl (C=O) groups excluding carboxylic acids is 3. The molecule has 14 atom stereocenters. The first-order chi connectivity index (χ1) is 26.8. The molecule has 0 spiro atoms. The highest BCUT2D eigenvalue weighted by Gasteiger charge is 2.64. The Kier molecular flexibility index (Phi) is 12.4. The molecule has 0 aromatic heterocycles. The van der Waals surface area contributed by atoms with E-state index in [2.05, 4.69) is 39.8 Å². The number of hydrogen-bond acceptors (Lipinski definition) is 7. The van der Waals surface area contributed by atoms with Gasteiger partial charge in [-0.05, 0) is 150 Å². The monoisotopic (exact) mass is 777 g/mol. The maximum atomic E-state index is 12.1. The van der Waals surface area contributed by atoms with E-state index in [0.717, 1.165) is 57.8 Å². The van der Waals surface area contributed by atoms with Crippen LogP contribution < -0.4 is 0 Å². The van der Waals surface area contributed by atoms with Crippen molar-refractivity contribution in [1.82, 2.24) is 0 Å². The highest BCUT2D eigenvalue weighted by molar-refractivity contribution is 5.70. The summed E-state index contributed by atoms with van der Waals surface area (Å²) in [5.41, 5.74) is 3.43. The molecule has 0 aliphatic heterocycles. The van der Waals surface area contributed by atoms with E-state index < -0.39 is 0 Å². The van der Waals surface area contributed by atoms with E-state index in [4.69, 9.17) is 14.2 Å². The zero-order valence-electron chi connectivity index (χ0n) is 36.2. The first kappa shape index (κ1) is 42.0. The Labute approximate surface area is 338 Å². The molecular formula is C49H76O7. The maximum absolute atomic E-state index is 12.1. The summed E-state index contributed by atoms with van der Waals surface area (Å²) in [7, 11) is 0. The molecule has 7 nitrogen and oxygen atoms in total. The van der Waals surface area contributed by atoms with Crippen molar-refractivity contribution >= 4 is 17.9 Å². The van der Waals surface area contributed by atoms with Gasteiger partial charge in [0.05, 0.1) is 6.61 Å². The number of hydrogen-bond donors (Lipinski definition) is 1. The molecule has 0 saturated heterocycles. The summed E-state index contributed by atoms with van der Waals surface area (Å²) in [4.78, 5) is 36.1. The van der Waals surface area contributed by atoms with Gasteiger partial charge in [0.15, 0.2) is 0 Å². The number of aliphatic hydroxyl groups excluding tert-OH is 1. The predicted octanol–water partition coefficient (Wildman–Crippen LogP) is 10.7. The molecule has 0 amide bonds. The summed E-state index contributed by atoms with van der Waals surface area (Å²) in [6, 6.07) is 0. The molecule has 314 valence electrons. The predicted molar refractivity (Wildman–Crippen MR) is 219 cm³/mol. The van der Waals surface area contributed by atoms with Crippen molar-refractivity contribution in [3.63, 3.8) is 0 Å². The Bertz CT molecular complexity index is 1530. The van der Waals surface area contributed by atoms with Crippen LogP contribution in [0.25, 0.3) is 0 Å². The van der Waals surface area contributed by atoms with Crippen molar-refractivity contribution in [2.45, 2.75) is 183 Å². The van der Waals surface area contributed by atoms with Gasteiger partial charge in [-0.15, -0.1) is 0 Å². The topological polar surface area (TPSA) is 99.1 Å². The molecule has 8 aliphatic carbocycles. The van der Waals surface area contributed by atoms with E-state index in [0.29, 0.717) is 79.8 Å². The summed E-state index contributed by atoms with van der Waals surface area (Å²) in [5, 5.41) is 10.6. The lowest BCUT2D eigenvalue weighted by atomic mass is 9.45. The van der Waals surface area contributed by atoms with Crippen molar-refractivity contribution in [2.24, 2.45) is 69.0 Å². The molecule has 0 aromatic carbocycles. The summed E-state index contributed by atoms with van der Waals surface area (Å²) in [6.45, 7) is 16.1. The first-order valence-electron chi connectivity index (χ1n) is 23.4. The van der Waals surface area contributed by atoms with Gasteiger partial charge >= 0.3 is 17.9 Å². The Morgan fingerprint density at radius 2 is 1.05 bits per heavy atom. The molecule has 3 unspecified atom stereocenters. The molecule has 0 radical (unpaired) electrons. The Morgan fingerprint density at radius 1 is 0.607 bits per heavy atom. The lowest BCUT2D eigenvalue weighted by Crippen LogP contribution is -2.56. The molecule has 56 heavy (non-hydrogen) atoms. The van der Waals surface area contributed by atoms with Gasteiger partial charge in [0.25, 0.3) is 0 Å². The first-order valence-corrected chi connectivity index (χ1v) is 23.4. The van der Waals surface area contributed by atoms with Crippen LogP contribution in [0.4, 0.5) is 0 Å². The number of esters is 3. The van der Waals surface area contributed by atoms with Crippen molar-refractivity contribution in [3.05, 3.63) is 23.3 Å². The lowest BCUT2D eigenvalue weighted by molar-refractivity contribution is -0.164. The van der Waals surface area contributed by atoms with Crippen LogP contribution in [-0.4, -0.2) is 48.4 Å². The summed E-state index contributed by atoms with van der Waals surface area (Å²) < 4.78 is 17.7. The third kappa shape index (κ3) is 6.76. The van der Waals surface area contributed by atoms with Gasteiger partial charge in [0.2, 0.25) is 0 Å². The molecule has 6 saturated carbocycles. The van der Waals surface area contributed by atoms with Crippen molar-refractivity contribution in [3.8, 4) is 0 Å². The molecule has 8 aliphatic rings. The van der Waals surface area contributed by atoms with E-state index in [1.54, 1.807) is 11.1 Å². The van der Waals surface area contributed by atoms with E-state index in [-0.39, 0.29) is 51.8 Å². The highest BCUT2D eigenvalue weighted by Crippen LogP contribution is 2.68. The zero-order chi connectivity index (χ0) is 40.0. The highest BCUT2D eigenvalue weighted by atomic mass is 16.6. The van der Waals surface area contributed by atoms with Crippen LogP contribution in [0, 0.1) is 69.0 Å². The standard InChI is InChI=1S/C26H40O4.C23H36O3/c1-5-23(27)29-16-26-17(3)8-7-9-18(26)10-11-19-20-12-13-22(30-24(28)6-2)25(20,4)15-14-21(19)26;1-4-21(25)26-20-11-10-18-17-9-8-16-7-5-6-15(2)23(16,14-24)19(17)12-13-22(18,20)3/h9,17,19-22H,5-8,10-16H2,1-4H3;7,15,17-20,24H,4-6,8-14H2,1-3H3/t17-,19?,20?,21?,22-,25-,26-;15-,17-,18-,19-,20-,22-,23-/m00/s1. The minimum atomic E-state index is -0.0725. The minimum absolute atomic E-state index is 0.0194. The molecule has 7 heteroatoms. The minimum Gasteiger partial charge on any atom is -0.465 e. The van der Waals surface area contributed by atoms with Gasteiger partial charge < -0.3 is 19.3 Å². The smallest absolute Gasteiger partial charge is 0.305 e. The number of allylic oxidation sites excluding steroid dienone is 2. The van der Waals surface area contributed by atoms with Crippen LogP contribution >= 0.6 is 0 Å². The van der Waals surface area contributed by atoms with Crippen molar-refractivity contribution < 1.29 is 33.7 Å². The third-order valence-electron chi connectivity index (χ3n) is 18.6. The molecular weight excluding hydrogens is 701 g/mol. The number of aliphatic hydroxyl groups is 1. The van der Waals surface area contributed by atoms with Gasteiger partial charge in [-0.1, -0.05) is 71.8 Å². The fraction of sp³-hybridized carbons (Fsp3) is 0.857. The Hall–Kier alpha value is -2.15. The molecule has 0 heterocycles.